The van der Waals surface area contributed by atoms with Gasteiger partial charge in [0.05, 0.1) is 74.7 Å². The predicted octanol–water partition coefficient (Wildman–Crippen LogP) is 21.8. The molecule has 0 radical (unpaired) electrons. The second-order valence-corrected chi connectivity index (χ2v) is 37.3. The second-order valence-electron chi connectivity index (χ2n) is 27.3. The average molecular weight is 1620 g/mol. The van der Waals surface area contributed by atoms with Crippen LogP contribution < -0.4 is 31.0 Å². The number of fused-ring (bicyclic) bond motifs is 10. The summed E-state index contributed by atoms with van der Waals surface area (Å²) in [6.07, 6.45) is 0. The van der Waals surface area contributed by atoms with Crippen molar-refractivity contribution >= 4 is 194 Å². The van der Waals surface area contributed by atoms with Gasteiger partial charge in [0.25, 0.3) is 0 Å². The first-order valence-electron chi connectivity index (χ1n) is 34.3. The molecule has 2 aromatic heterocycles. The number of rotatable bonds is 6. The monoisotopic (exact) mass is 1620 g/mol. The third kappa shape index (κ3) is 12.1. The van der Waals surface area contributed by atoms with Gasteiger partial charge in [-0.15, -0.1) is 22.7 Å². The number of hydrogen-bond donors (Lipinski definition) is 0. The summed E-state index contributed by atoms with van der Waals surface area (Å²) < 4.78 is 85.4. The Morgan fingerprint density at radius 2 is 0.598 bits per heavy atom. The molecule has 107 heavy (non-hydrogen) atoms. The lowest BCUT2D eigenvalue weighted by Gasteiger charge is -2.35. The lowest BCUT2D eigenvalue weighted by atomic mass is 9.79. The molecule has 0 aliphatic carbocycles. The molecule has 13 aromatic carbocycles. The Hall–Kier alpha value is -10.1. The molecular weight excluding hydrogens is 1560 g/mol. The van der Waals surface area contributed by atoms with Crippen LogP contribution in [0.15, 0.2) is 339 Å². The number of benzene rings is 13. The Balaban J connectivity index is 0.000000144. The number of anilines is 9. The minimum absolute atomic E-state index is 0.000602. The summed E-state index contributed by atoms with van der Waals surface area (Å²) in [5.41, 5.74) is 11.1. The van der Waals surface area contributed by atoms with Crippen molar-refractivity contribution in [1.29, 1.82) is 0 Å². The number of sulfone groups is 2. The topological polar surface area (TPSA) is 148 Å². The maximum atomic E-state index is 13.9. The van der Waals surface area contributed by atoms with Crippen LogP contribution in [0, 0.1) is 0 Å². The maximum Gasteiger partial charge on any atom is 0.494 e. The predicted molar refractivity (Wildman–Crippen MR) is 446 cm³/mol. The zero-order valence-electron chi connectivity index (χ0n) is 57.8. The fourth-order valence-electron chi connectivity index (χ4n) is 14.3. The van der Waals surface area contributed by atoms with Crippen LogP contribution in [0.1, 0.15) is 27.7 Å². The molecule has 0 saturated carbocycles. The van der Waals surface area contributed by atoms with E-state index >= 15 is 0 Å². The van der Waals surface area contributed by atoms with Crippen molar-refractivity contribution in [3.8, 4) is 22.3 Å². The number of halogens is 2. The Labute approximate surface area is 644 Å². The molecule has 0 N–H and O–H groups in total. The lowest BCUT2D eigenvalue weighted by Crippen LogP contribution is -2.41. The molecule has 4 aliphatic rings. The van der Waals surface area contributed by atoms with E-state index < -0.39 is 47.5 Å². The molecule has 1 fully saturated rings. The smallest absolute Gasteiger partial charge is 0.399 e. The summed E-state index contributed by atoms with van der Waals surface area (Å²) in [5, 5.41) is 2.93. The van der Waals surface area contributed by atoms with Gasteiger partial charge in [-0.1, -0.05) is 153 Å². The summed E-state index contributed by atoms with van der Waals surface area (Å²) in [4.78, 5) is 34.9. The zero-order valence-corrected chi connectivity index (χ0v) is 65.1. The Bertz CT molecular complexity index is 6230. The van der Waals surface area contributed by atoms with Crippen LogP contribution in [0.2, 0.25) is 0 Å². The minimum atomic E-state index is -3.66. The van der Waals surface area contributed by atoms with Crippen molar-refractivity contribution in [2.45, 2.75) is 68.3 Å². The van der Waals surface area contributed by atoms with E-state index in [1.165, 1.54) is 0 Å². The molecule has 0 spiro atoms. The molecule has 12 nitrogen and oxygen atoms in total. The number of nitrogens with zero attached hydrogens (tertiary/aromatic N) is 3. The van der Waals surface area contributed by atoms with Gasteiger partial charge in [-0.25, -0.2) is 16.8 Å². The van der Waals surface area contributed by atoms with Crippen LogP contribution in [0.4, 0.5) is 51.2 Å². The molecule has 0 bridgehead atoms. The van der Waals surface area contributed by atoms with Crippen LogP contribution in [-0.2, 0) is 38.5 Å². The van der Waals surface area contributed by atoms with Crippen molar-refractivity contribution in [3.05, 3.63) is 321 Å². The molecule has 0 unspecified atom stereocenters. The van der Waals surface area contributed by atoms with Crippen LogP contribution >= 0.6 is 54.5 Å². The summed E-state index contributed by atoms with van der Waals surface area (Å²) in [7, 11) is -10.3. The van der Waals surface area contributed by atoms with Gasteiger partial charge < -0.3 is 24.0 Å². The fourth-order valence-corrected chi connectivity index (χ4v) is 22.7. The summed E-state index contributed by atoms with van der Waals surface area (Å²) in [5.74, 6) is 4.16. The molecule has 6 heterocycles. The first-order chi connectivity index (χ1) is 51.4. The van der Waals surface area contributed by atoms with Crippen LogP contribution in [0.25, 0.3) is 62.6 Å². The third-order valence-corrected chi connectivity index (χ3v) is 29.4. The third-order valence-electron chi connectivity index (χ3n) is 20.4. The molecule has 20 heteroatoms. The molecule has 526 valence electrons. The van der Waals surface area contributed by atoms with E-state index in [1.54, 1.807) is 71.2 Å². The van der Waals surface area contributed by atoms with E-state index in [-0.39, 0.29) is 20.6 Å². The fraction of sp³-hybridized carbons (Fsp3) is 0.0690. The van der Waals surface area contributed by atoms with Crippen molar-refractivity contribution in [2.75, 3.05) is 14.7 Å². The van der Waals surface area contributed by atoms with Crippen molar-refractivity contribution in [2.24, 2.45) is 0 Å². The highest BCUT2D eigenvalue weighted by atomic mass is 79.9. The van der Waals surface area contributed by atoms with E-state index in [1.807, 2.05) is 244 Å². The van der Waals surface area contributed by atoms with E-state index in [9.17, 15) is 30.6 Å². The highest BCUT2D eigenvalue weighted by molar-refractivity contribution is 9.10. The van der Waals surface area contributed by atoms with Gasteiger partial charge in [0.1, 0.15) is 0 Å². The average Bonchev–Trinajstić information content (AvgIpc) is 1.31. The first kappa shape index (κ1) is 69.9. The zero-order chi connectivity index (χ0) is 74.1. The molecular formula is C87H62BBr2N3O9S5. The van der Waals surface area contributed by atoms with Gasteiger partial charge >= 0.3 is 7.12 Å². The maximum absolute atomic E-state index is 13.9. The molecule has 0 amide bonds. The molecule has 19 rings (SSSR count). The van der Waals surface area contributed by atoms with E-state index in [4.69, 9.17) is 9.31 Å². The SMILES string of the molecule is C=S1(=O)c2ccccc2N(c2ccc(-c3ccc4c(=O)c5ccc(-c6ccc(N7c8ccccc8S(=O)(=O)c8ccccc87)cc6)cc5sc4c3)cc2)c2ccccc21.CC1(C)OB(c2ccc(N3c4ccccc4S(=O)(=O)c4ccccc43)cc2)OC1(C)C.O=c1c2ccc(Br)cc2sc2cc(Br)ccc12. The highest BCUT2D eigenvalue weighted by Gasteiger charge is 2.52. The largest absolute Gasteiger partial charge is 0.494 e. The number of hydrogen-bond acceptors (Lipinski definition) is 14. The van der Waals surface area contributed by atoms with Crippen molar-refractivity contribution < 1.29 is 30.4 Å². The van der Waals surface area contributed by atoms with E-state index in [0.717, 1.165) is 94.7 Å². The van der Waals surface area contributed by atoms with E-state index in [0.29, 0.717) is 53.1 Å². The molecule has 0 atom stereocenters. The van der Waals surface area contributed by atoms with Gasteiger partial charge in [-0.2, -0.15) is 0 Å². The Kier molecular flexibility index (Phi) is 17.4. The Morgan fingerprint density at radius 1 is 0.336 bits per heavy atom. The van der Waals surface area contributed by atoms with Crippen molar-refractivity contribution in [1.82, 2.24) is 0 Å². The molecule has 4 aliphatic heterocycles. The normalized spacial score (nSPS) is 15.7. The number of para-hydroxylation sites is 6. The van der Waals surface area contributed by atoms with Gasteiger partial charge in [-0.05, 0) is 231 Å². The second kappa shape index (κ2) is 26.7. The highest BCUT2D eigenvalue weighted by Crippen LogP contribution is 2.52. The van der Waals surface area contributed by atoms with Gasteiger partial charge in [0.15, 0.2) is 10.9 Å². The minimum Gasteiger partial charge on any atom is -0.399 e. The lowest BCUT2D eigenvalue weighted by molar-refractivity contribution is 0.00578. The van der Waals surface area contributed by atoms with Gasteiger partial charge in [-0.3, -0.25) is 13.8 Å². The van der Waals surface area contributed by atoms with Crippen LogP contribution in [-0.4, -0.2) is 45.2 Å². The standard InChI is InChI=1S/C50H32N2O4S3.C24H24BNO4S.C13H6Br2OS/c1-58(54)46-14-6-2-10-40(46)51(41-11-3-7-15-47(41)58)36-24-18-32(19-25-36)34-22-28-38-44(30-34)57-45-31-35(23-29-39(45)50(38)53)33-20-26-37(27-21-33)52-42-12-4-8-16-48(42)59(55,56)49-17-9-5-13-43(49)52;1-23(2)24(3,4)30-25(29-23)17-13-15-18(16-14-17)26-19-9-5-7-11-21(19)31(27,28)22-12-8-6-10-20(22)26;14-7-1-3-9-11(5-7)17-12-6-8(15)2-4-10(12)13(9)16/h2-31H,1H2;5-16H,1-4H3;1-6H. The summed E-state index contributed by atoms with van der Waals surface area (Å²) in [6, 6.07) is 91.8. The van der Waals surface area contributed by atoms with Crippen LogP contribution in [0.3, 0.4) is 0 Å². The van der Waals surface area contributed by atoms with Gasteiger partial charge in [0.2, 0.25) is 19.7 Å². The Morgan fingerprint density at radius 3 is 0.925 bits per heavy atom. The quantitative estimate of drug-likeness (QED) is 0.0886. The van der Waals surface area contributed by atoms with E-state index in [2.05, 4.69) is 79.0 Å². The molecule has 15 aromatic rings. The first-order valence-corrected chi connectivity index (χ1v) is 42.2. The van der Waals surface area contributed by atoms with Crippen LogP contribution in [0.5, 0.6) is 0 Å². The molecule has 1 saturated heterocycles. The van der Waals surface area contributed by atoms with Crippen molar-refractivity contribution in [3.63, 3.8) is 0 Å². The van der Waals surface area contributed by atoms with Gasteiger partial charge in [0, 0.05) is 75.9 Å². The summed E-state index contributed by atoms with van der Waals surface area (Å²) >= 11 is 10.1. The summed E-state index contributed by atoms with van der Waals surface area (Å²) in [6.45, 7) is 8.12.